The molecule has 1 aromatic rings. The van der Waals surface area contributed by atoms with Crippen molar-refractivity contribution in [3.8, 4) is 0 Å². The number of hydrogen-bond donors (Lipinski definition) is 0. The molecule has 0 aromatic carbocycles. The van der Waals surface area contributed by atoms with Crippen LogP contribution in [0.5, 0.6) is 0 Å². The minimum Gasteiger partial charge on any atom is -0.291 e. The van der Waals surface area contributed by atoms with Gasteiger partial charge in [-0.1, -0.05) is 25.1 Å². The van der Waals surface area contributed by atoms with Gasteiger partial charge in [-0.05, 0) is 26.0 Å². The highest BCUT2D eigenvalue weighted by molar-refractivity contribution is 7.98. The average Bonchev–Trinajstić information content (AvgIpc) is 2.23. The van der Waals surface area contributed by atoms with Crippen LogP contribution in [0.1, 0.15) is 31.0 Å². The van der Waals surface area contributed by atoms with E-state index < -0.39 is 0 Å². The third-order valence-electron chi connectivity index (χ3n) is 2.51. The van der Waals surface area contributed by atoms with Crippen LogP contribution in [0.2, 0.25) is 0 Å². The number of hydrogen-bond acceptors (Lipinski definition) is 3. The molecule has 0 fully saturated rings. The van der Waals surface area contributed by atoms with E-state index in [1.54, 1.807) is 11.6 Å². The molecular weight excluding hydrogens is 208 g/mol. The van der Waals surface area contributed by atoms with Gasteiger partial charge in [0.15, 0.2) is 5.16 Å². The van der Waals surface area contributed by atoms with Gasteiger partial charge in [0.05, 0.1) is 0 Å². The fourth-order valence-electron chi connectivity index (χ4n) is 1.55. The summed E-state index contributed by atoms with van der Waals surface area (Å²) in [5.41, 5.74) is 1.87. The van der Waals surface area contributed by atoms with Crippen LogP contribution < -0.4 is 5.56 Å². The molecule has 0 atom stereocenters. The number of thioether (sulfide) groups is 1. The molecule has 0 bridgehead atoms. The first-order valence-electron chi connectivity index (χ1n) is 5.22. The van der Waals surface area contributed by atoms with Gasteiger partial charge in [-0.2, -0.15) is 0 Å². The zero-order valence-electron chi connectivity index (χ0n) is 9.83. The summed E-state index contributed by atoms with van der Waals surface area (Å²) in [4.78, 5) is 16.4. The zero-order chi connectivity index (χ0) is 11.4. The number of nitrogens with zero attached hydrogens (tertiary/aromatic N) is 2. The molecule has 0 aliphatic rings. The van der Waals surface area contributed by atoms with Gasteiger partial charge in [0, 0.05) is 18.3 Å². The van der Waals surface area contributed by atoms with E-state index in [1.807, 2.05) is 13.2 Å². The summed E-state index contributed by atoms with van der Waals surface area (Å²) in [5.74, 6) is 0. The summed E-state index contributed by atoms with van der Waals surface area (Å²) in [5, 5.41) is 0.790. The molecule has 1 aromatic heterocycles. The summed E-state index contributed by atoms with van der Waals surface area (Å²) in [6, 6.07) is 0. The lowest BCUT2D eigenvalue weighted by molar-refractivity contribution is 0.666. The smallest absolute Gasteiger partial charge is 0.257 e. The second-order valence-electron chi connectivity index (χ2n) is 3.63. The lowest BCUT2D eigenvalue weighted by Gasteiger charge is -2.09. The Morgan fingerprint density at radius 1 is 1.47 bits per heavy atom. The molecule has 15 heavy (non-hydrogen) atoms. The van der Waals surface area contributed by atoms with Crippen molar-refractivity contribution < 1.29 is 0 Å². The molecule has 0 amide bonds. The van der Waals surface area contributed by atoms with Crippen LogP contribution in [0.15, 0.2) is 9.95 Å². The van der Waals surface area contributed by atoms with Crippen molar-refractivity contribution in [2.24, 2.45) is 7.05 Å². The molecule has 0 aliphatic heterocycles. The number of rotatable bonds is 4. The fourth-order valence-corrected chi connectivity index (χ4v) is 2.14. The van der Waals surface area contributed by atoms with E-state index in [0.717, 1.165) is 35.7 Å². The number of aromatic nitrogens is 2. The van der Waals surface area contributed by atoms with Gasteiger partial charge in [0.25, 0.3) is 5.56 Å². The van der Waals surface area contributed by atoms with E-state index in [1.165, 1.54) is 11.8 Å². The Bertz CT molecular complexity index is 398. The van der Waals surface area contributed by atoms with E-state index in [4.69, 9.17) is 0 Å². The summed E-state index contributed by atoms with van der Waals surface area (Å²) in [6.07, 6.45) is 4.94. The predicted molar refractivity (Wildman–Crippen MR) is 64.6 cm³/mol. The van der Waals surface area contributed by atoms with Crippen molar-refractivity contribution >= 4 is 11.8 Å². The monoisotopic (exact) mass is 226 g/mol. The number of aryl methyl sites for hydroxylation is 1. The van der Waals surface area contributed by atoms with E-state index in [9.17, 15) is 4.79 Å². The van der Waals surface area contributed by atoms with Gasteiger partial charge >= 0.3 is 0 Å². The molecule has 1 rings (SSSR count). The minimum atomic E-state index is 0.111. The molecule has 4 heteroatoms. The first-order chi connectivity index (χ1) is 7.11. The maximum absolute atomic E-state index is 12.0. The van der Waals surface area contributed by atoms with Crippen molar-refractivity contribution in [1.82, 2.24) is 9.55 Å². The lowest BCUT2D eigenvalue weighted by Crippen LogP contribution is -2.25. The molecule has 0 radical (unpaired) electrons. The maximum atomic E-state index is 12.0. The Hall–Kier alpha value is -0.770. The first-order valence-corrected chi connectivity index (χ1v) is 6.44. The Morgan fingerprint density at radius 2 is 2.13 bits per heavy atom. The fraction of sp³-hybridized carbons (Fsp3) is 0.636. The summed E-state index contributed by atoms with van der Waals surface area (Å²) < 4.78 is 1.64. The van der Waals surface area contributed by atoms with Crippen LogP contribution in [-0.4, -0.2) is 15.8 Å². The summed E-state index contributed by atoms with van der Waals surface area (Å²) in [7, 11) is 1.79. The molecule has 84 valence electrons. The molecule has 0 N–H and O–H groups in total. The second-order valence-corrected chi connectivity index (χ2v) is 4.40. The number of unbranched alkanes of at least 4 members (excludes halogenated alkanes) is 1. The van der Waals surface area contributed by atoms with Crippen molar-refractivity contribution in [2.75, 3.05) is 6.26 Å². The lowest BCUT2D eigenvalue weighted by atomic mass is 10.1. The molecule has 1 heterocycles. The van der Waals surface area contributed by atoms with Crippen molar-refractivity contribution in [2.45, 2.75) is 38.3 Å². The minimum absolute atomic E-state index is 0.111. The van der Waals surface area contributed by atoms with Crippen LogP contribution >= 0.6 is 11.8 Å². The Kier molecular flexibility index (Phi) is 4.39. The highest BCUT2D eigenvalue weighted by Gasteiger charge is 2.10. The highest BCUT2D eigenvalue weighted by atomic mass is 32.2. The topological polar surface area (TPSA) is 34.9 Å². The molecule has 3 nitrogen and oxygen atoms in total. The van der Waals surface area contributed by atoms with Gasteiger partial charge in [-0.3, -0.25) is 9.36 Å². The average molecular weight is 226 g/mol. The van der Waals surface area contributed by atoms with Crippen LogP contribution in [0, 0.1) is 6.92 Å². The van der Waals surface area contributed by atoms with Gasteiger partial charge in [-0.15, -0.1) is 0 Å². The van der Waals surface area contributed by atoms with Crippen LogP contribution in [0.3, 0.4) is 0 Å². The van der Waals surface area contributed by atoms with Crippen molar-refractivity contribution in [3.63, 3.8) is 0 Å². The molecule has 0 unspecified atom stereocenters. The van der Waals surface area contributed by atoms with Crippen molar-refractivity contribution in [3.05, 3.63) is 21.6 Å². The van der Waals surface area contributed by atoms with Gasteiger partial charge in [-0.25, -0.2) is 4.98 Å². The van der Waals surface area contributed by atoms with Crippen LogP contribution in [-0.2, 0) is 13.5 Å². The van der Waals surface area contributed by atoms with Gasteiger partial charge in [0.1, 0.15) is 0 Å². The largest absolute Gasteiger partial charge is 0.291 e. The zero-order valence-corrected chi connectivity index (χ0v) is 10.6. The predicted octanol–water partition coefficient (Wildman–Crippen LogP) is 2.15. The normalized spacial score (nSPS) is 10.7. The highest BCUT2D eigenvalue weighted by Crippen LogP contribution is 2.12. The molecule has 0 saturated heterocycles. The van der Waals surface area contributed by atoms with E-state index in [-0.39, 0.29) is 5.56 Å². The van der Waals surface area contributed by atoms with E-state index >= 15 is 0 Å². The van der Waals surface area contributed by atoms with Crippen LogP contribution in [0.25, 0.3) is 0 Å². The third-order valence-corrected chi connectivity index (χ3v) is 3.24. The summed E-state index contributed by atoms with van der Waals surface area (Å²) in [6.45, 7) is 4.05. The van der Waals surface area contributed by atoms with E-state index in [2.05, 4.69) is 11.9 Å². The molecular formula is C11H18N2OS. The van der Waals surface area contributed by atoms with Crippen LogP contribution in [0.4, 0.5) is 0 Å². The standard InChI is InChI=1S/C11H18N2OS/c1-5-6-7-9-8(2)12-11(15-4)13(3)10(9)14/h5-7H2,1-4H3. The van der Waals surface area contributed by atoms with Gasteiger partial charge in [0.2, 0.25) is 0 Å². The molecule has 0 aliphatic carbocycles. The SMILES string of the molecule is CCCCc1c(C)nc(SC)n(C)c1=O. The van der Waals surface area contributed by atoms with Crippen molar-refractivity contribution in [1.29, 1.82) is 0 Å². The molecule has 0 saturated carbocycles. The maximum Gasteiger partial charge on any atom is 0.257 e. The second kappa shape index (κ2) is 5.35. The van der Waals surface area contributed by atoms with Gasteiger partial charge < -0.3 is 0 Å². The quantitative estimate of drug-likeness (QED) is 0.583. The Balaban J connectivity index is 3.18. The first kappa shape index (κ1) is 12.3. The Labute approximate surface area is 94.9 Å². The summed E-state index contributed by atoms with van der Waals surface area (Å²) >= 11 is 1.51. The molecule has 0 spiro atoms. The third kappa shape index (κ3) is 2.62. The van der Waals surface area contributed by atoms with E-state index in [0.29, 0.717) is 0 Å². The Morgan fingerprint density at radius 3 is 2.67 bits per heavy atom.